The molecule has 1 fully saturated rings. The molecule has 2 aliphatic rings. The first-order valence-corrected chi connectivity index (χ1v) is 12.2. The van der Waals surface area contributed by atoms with Gasteiger partial charge in [-0.05, 0) is 22.3 Å². The number of nitrogens with one attached hydrogen (secondary N) is 1. The molecule has 3 heterocycles. The maximum Gasteiger partial charge on any atom is 0.352 e. The number of carboxylic acid groups (broad SMARTS) is 1. The van der Waals surface area contributed by atoms with Crippen LogP contribution in [0.5, 0.6) is 0 Å². The van der Waals surface area contributed by atoms with Crippen molar-refractivity contribution in [3.8, 4) is 12.3 Å². The van der Waals surface area contributed by atoms with Crippen LogP contribution in [0.1, 0.15) is 6.42 Å². The molecule has 1 aromatic heterocycles. The maximum absolute atomic E-state index is 13.1. The second-order valence-corrected chi connectivity index (χ2v) is 9.58. The molecule has 2 N–H and O–H groups in total. The highest BCUT2D eigenvalue weighted by atomic mass is 32.2. The van der Waals surface area contributed by atoms with Gasteiger partial charge in [-0.1, -0.05) is 11.8 Å². The molecule has 2 amide bonds. The van der Waals surface area contributed by atoms with Crippen LogP contribution in [0, 0.1) is 12.3 Å². The number of methoxy groups -OCH3 is 1. The van der Waals surface area contributed by atoms with E-state index in [1.807, 2.05) is 0 Å². The van der Waals surface area contributed by atoms with Crippen LogP contribution >= 0.6 is 35.3 Å². The van der Waals surface area contributed by atoms with Crippen molar-refractivity contribution in [2.45, 2.75) is 27.9 Å². The predicted octanol–water partition coefficient (Wildman–Crippen LogP) is -0.230. The van der Waals surface area contributed by atoms with Crippen LogP contribution in [-0.2, 0) is 26.2 Å². The molecule has 3 atom stereocenters. The van der Waals surface area contributed by atoms with E-state index in [1.165, 1.54) is 52.0 Å². The van der Waals surface area contributed by atoms with Crippen LogP contribution in [0.25, 0.3) is 0 Å². The zero-order valence-corrected chi connectivity index (χ0v) is 19.3. The number of fused-ring (bicyclic) bond motifs is 1. The highest BCUT2D eigenvalue weighted by Gasteiger charge is 2.66. The summed E-state index contributed by atoms with van der Waals surface area (Å²) in [6.45, 7) is 0. The lowest BCUT2D eigenvalue weighted by Crippen LogP contribution is -2.81. The molecule has 1 unspecified atom stereocenters. The van der Waals surface area contributed by atoms with Gasteiger partial charge in [0.1, 0.15) is 11.1 Å². The molecule has 166 valence electrons. The van der Waals surface area contributed by atoms with Crippen molar-refractivity contribution in [2.24, 2.45) is 7.05 Å². The Balaban J connectivity index is 1.83. The number of carbonyl (C=O) groups excluding carboxylic acids is 2. The second kappa shape index (κ2) is 9.51. The number of amides is 2. The van der Waals surface area contributed by atoms with Gasteiger partial charge in [0.15, 0.2) is 0 Å². The quantitative estimate of drug-likeness (QED) is 0.208. The Morgan fingerprint density at radius 1 is 1.55 bits per heavy atom. The number of tetrazole rings is 1. The SMILES string of the molecule is C#CCC(SC)C(=O)N[C@]1(OC)C(=O)N2C(C(=O)O)=C(CSc3nnnn3C)CS[C@H]21. The second-order valence-electron chi connectivity index (χ2n) is 6.53. The molecule has 3 rings (SSSR count). The van der Waals surface area contributed by atoms with Crippen molar-refractivity contribution in [2.75, 3.05) is 24.9 Å². The van der Waals surface area contributed by atoms with E-state index in [2.05, 4.69) is 26.8 Å². The minimum Gasteiger partial charge on any atom is -0.477 e. The fraction of sp³-hybridized carbons (Fsp3) is 0.529. The molecule has 0 aromatic carbocycles. The first-order valence-electron chi connectivity index (χ1n) is 8.89. The largest absolute Gasteiger partial charge is 0.477 e. The van der Waals surface area contributed by atoms with Crippen LogP contribution in [0.4, 0.5) is 0 Å². The van der Waals surface area contributed by atoms with E-state index in [9.17, 15) is 19.5 Å². The Kier molecular flexibility index (Phi) is 7.20. The Hall–Kier alpha value is -2.21. The molecule has 0 aliphatic carbocycles. The summed E-state index contributed by atoms with van der Waals surface area (Å²) >= 11 is 3.85. The third kappa shape index (κ3) is 4.14. The summed E-state index contributed by atoms with van der Waals surface area (Å²) in [5.74, 6) is 0.775. The number of terminal acetylenes is 1. The summed E-state index contributed by atoms with van der Waals surface area (Å²) < 4.78 is 6.92. The zero-order valence-electron chi connectivity index (χ0n) is 16.9. The van der Waals surface area contributed by atoms with Crippen LogP contribution in [0.2, 0.25) is 0 Å². The van der Waals surface area contributed by atoms with Gasteiger partial charge in [-0.15, -0.1) is 29.2 Å². The molecular weight excluding hydrogens is 464 g/mol. The standard InChI is InChI=1S/C17H20N6O5S3/c1-5-6-10(29-4)12(24)18-17(28-3)14(27)23-11(13(25)26)9(7-30-15(17)23)8-31-16-19-20-21-22(16)2/h1,10,15H,6-8H2,2-4H3,(H,18,24)(H,25,26)/t10?,15-,17-/m0/s1. The van der Waals surface area contributed by atoms with E-state index >= 15 is 0 Å². The molecule has 2 aliphatic heterocycles. The van der Waals surface area contributed by atoms with Crippen molar-refractivity contribution in [3.05, 3.63) is 11.3 Å². The molecular formula is C17H20N6O5S3. The van der Waals surface area contributed by atoms with E-state index in [0.717, 1.165) is 0 Å². The fourth-order valence-electron chi connectivity index (χ4n) is 3.20. The number of aryl methyl sites for hydroxylation is 1. The van der Waals surface area contributed by atoms with Gasteiger partial charge in [0, 0.05) is 32.1 Å². The van der Waals surface area contributed by atoms with Crippen LogP contribution in [0.3, 0.4) is 0 Å². The molecule has 0 radical (unpaired) electrons. The lowest BCUT2D eigenvalue weighted by molar-refractivity contribution is -0.192. The van der Waals surface area contributed by atoms with Gasteiger partial charge in [0.2, 0.25) is 11.1 Å². The highest BCUT2D eigenvalue weighted by Crippen LogP contribution is 2.47. The average molecular weight is 485 g/mol. The summed E-state index contributed by atoms with van der Waals surface area (Å²) in [5.41, 5.74) is -1.19. The van der Waals surface area contributed by atoms with Gasteiger partial charge in [-0.2, -0.15) is 11.8 Å². The number of rotatable bonds is 9. The summed E-state index contributed by atoms with van der Waals surface area (Å²) in [5, 5.41) is 22.9. The van der Waals surface area contributed by atoms with Gasteiger partial charge in [-0.25, -0.2) is 9.48 Å². The van der Waals surface area contributed by atoms with E-state index in [0.29, 0.717) is 22.2 Å². The average Bonchev–Trinajstić information content (AvgIpc) is 3.17. The summed E-state index contributed by atoms with van der Waals surface area (Å²) in [4.78, 5) is 38.9. The molecule has 31 heavy (non-hydrogen) atoms. The van der Waals surface area contributed by atoms with Gasteiger partial charge in [-0.3, -0.25) is 14.5 Å². The van der Waals surface area contributed by atoms with Gasteiger partial charge < -0.3 is 15.2 Å². The third-order valence-corrected chi connectivity index (χ3v) is 8.20. The third-order valence-electron chi connectivity index (χ3n) is 4.78. The topological polar surface area (TPSA) is 140 Å². The molecule has 0 bridgehead atoms. The minimum atomic E-state index is -1.64. The molecule has 0 saturated carbocycles. The van der Waals surface area contributed by atoms with E-state index in [-0.39, 0.29) is 12.1 Å². The van der Waals surface area contributed by atoms with Gasteiger partial charge >= 0.3 is 5.97 Å². The molecule has 1 saturated heterocycles. The number of carbonyl (C=O) groups is 3. The maximum atomic E-state index is 13.1. The van der Waals surface area contributed by atoms with E-state index in [1.54, 1.807) is 13.3 Å². The number of ether oxygens (including phenoxy) is 1. The number of nitrogens with zero attached hydrogens (tertiary/aromatic N) is 5. The number of carboxylic acids is 1. The van der Waals surface area contributed by atoms with Gasteiger partial charge in [0.25, 0.3) is 11.6 Å². The summed E-state index contributed by atoms with van der Waals surface area (Å²) in [7, 11) is 2.99. The van der Waals surface area contributed by atoms with Crippen LogP contribution in [0.15, 0.2) is 16.4 Å². The molecule has 11 nitrogen and oxygen atoms in total. The Labute approximate surface area is 191 Å². The minimum absolute atomic E-state index is 0.108. The zero-order chi connectivity index (χ0) is 22.8. The molecule has 14 heteroatoms. The van der Waals surface area contributed by atoms with E-state index in [4.69, 9.17) is 11.2 Å². The van der Waals surface area contributed by atoms with E-state index < -0.39 is 34.1 Å². The number of aliphatic carboxylic acids is 1. The van der Waals surface area contributed by atoms with Crippen molar-refractivity contribution in [1.29, 1.82) is 0 Å². The summed E-state index contributed by atoms with van der Waals surface area (Å²) in [6, 6.07) is 0. The van der Waals surface area contributed by atoms with Crippen molar-refractivity contribution >= 4 is 53.1 Å². The summed E-state index contributed by atoms with van der Waals surface area (Å²) in [6.07, 6.45) is 7.26. The number of aromatic nitrogens is 4. The molecule has 1 aromatic rings. The van der Waals surface area contributed by atoms with Crippen molar-refractivity contribution < 1.29 is 24.2 Å². The Morgan fingerprint density at radius 2 is 2.29 bits per heavy atom. The lowest BCUT2D eigenvalue weighted by atomic mass is 9.98. The lowest BCUT2D eigenvalue weighted by Gasteiger charge is -2.56. The highest BCUT2D eigenvalue weighted by molar-refractivity contribution is 8.01. The number of thioether (sulfide) groups is 3. The fourth-order valence-corrected chi connectivity index (χ4v) is 6.17. The van der Waals surface area contributed by atoms with Crippen molar-refractivity contribution in [1.82, 2.24) is 30.4 Å². The smallest absolute Gasteiger partial charge is 0.352 e. The first kappa shape index (κ1) is 23.5. The Morgan fingerprint density at radius 3 is 2.84 bits per heavy atom. The van der Waals surface area contributed by atoms with Crippen LogP contribution in [-0.4, -0.2) is 89.2 Å². The van der Waals surface area contributed by atoms with Gasteiger partial charge in [0.05, 0.1) is 5.25 Å². The predicted molar refractivity (Wildman–Crippen MR) is 116 cm³/mol. The first-order chi connectivity index (χ1) is 14.8. The monoisotopic (exact) mass is 484 g/mol. The van der Waals surface area contributed by atoms with Crippen molar-refractivity contribution in [3.63, 3.8) is 0 Å². The normalized spacial score (nSPS) is 23.6. The number of β-lactam (4-membered cyclic amide) rings is 1. The Bertz CT molecular complexity index is 976. The molecule has 0 spiro atoms. The van der Waals surface area contributed by atoms with Crippen LogP contribution < -0.4 is 5.32 Å². The number of hydrogen-bond acceptors (Lipinski definition) is 10. The number of hydrogen-bond donors (Lipinski definition) is 2.